The third-order valence-corrected chi connectivity index (χ3v) is 4.43. The van der Waals surface area contributed by atoms with E-state index in [0.717, 1.165) is 0 Å². The lowest BCUT2D eigenvalue weighted by Gasteiger charge is -2.31. The first kappa shape index (κ1) is 14.6. The van der Waals surface area contributed by atoms with E-state index < -0.39 is 8.15 Å². The minimum absolute atomic E-state index is 0.163. The molecule has 9 heteroatoms. The van der Waals surface area contributed by atoms with Gasteiger partial charge in [-0.3, -0.25) is 10.2 Å². The van der Waals surface area contributed by atoms with E-state index in [2.05, 4.69) is 36.9 Å². The zero-order valence-corrected chi connectivity index (χ0v) is 12.4. The molecule has 106 valence electrons. The minimum Gasteiger partial charge on any atom is -0.342 e. The van der Waals surface area contributed by atoms with Gasteiger partial charge in [-0.05, 0) is 5.41 Å². The lowest BCUT2D eigenvalue weighted by Crippen LogP contribution is -2.31. The summed E-state index contributed by atoms with van der Waals surface area (Å²) in [6, 6.07) is 2.17. The summed E-state index contributed by atoms with van der Waals surface area (Å²) in [6.07, 6.45) is 3.42. The van der Waals surface area contributed by atoms with Gasteiger partial charge in [0.05, 0.1) is 31.0 Å². The second-order valence-electron chi connectivity index (χ2n) is 5.28. The lowest BCUT2D eigenvalue weighted by atomic mass is 9.88. The number of hydrogen-bond acceptors (Lipinski definition) is 6. The van der Waals surface area contributed by atoms with E-state index in [0.29, 0.717) is 17.3 Å². The number of aromatic nitrogens is 6. The Bertz CT molecular complexity index is 520. The van der Waals surface area contributed by atoms with Crippen LogP contribution in [-0.2, 0) is 4.52 Å². The molecule has 0 amide bonds. The van der Waals surface area contributed by atoms with Gasteiger partial charge in [0.15, 0.2) is 0 Å². The topological polar surface area (TPSA) is 116 Å². The highest BCUT2D eigenvalue weighted by Crippen LogP contribution is 2.40. The van der Waals surface area contributed by atoms with E-state index in [-0.39, 0.29) is 11.5 Å². The van der Waals surface area contributed by atoms with E-state index in [1.54, 1.807) is 12.4 Å². The molecule has 8 nitrogen and oxygen atoms in total. The molecule has 2 aromatic rings. The maximum atomic E-state index is 8.98. The van der Waals surface area contributed by atoms with Crippen LogP contribution < -0.4 is 10.9 Å². The summed E-state index contributed by atoms with van der Waals surface area (Å²) in [7, 11) is -1.25. The van der Waals surface area contributed by atoms with Crippen molar-refractivity contribution >= 4 is 19.0 Å². The molecule has 0 aromatic carbocycles. The van der Waals surface area contributed by atoms with Gasteiger partial charge in [0.2, 0.25) is 0 Å². The fourth-order valence-corrected chi connectivity index (χ4v) is 3.22. The lowest BCUT2D eigenvalue weighted by molar-refractivity contribution is 0.107. The molecule has 1 atom stereocenters. The first-order chi connectivity index (χ1) is 9.52. The van der Waals surface area contributed by atoms with Gasteiger partial charge in [0.25, 0.3) is 0 Å². The number of H-pyrrole nitrogens is 2. The summed E-state index contributed by atoms with van der Waals surface area (Å²) in [5, 5.41) is 29.7. The maximum absolute atomic E-state index is 8.98. The summed E-state index contributed by atoms with van der Waals surface area (Å²) in [5.41, 5.74) is 1.17. The number of nitrogens with zero attached hydrogens (tertiary/aromatic N) is 5. The fraction of sp³-hybridized carbons (Fsp3) is 0.545. The predicted molar refractivity (Wildman–Crippen MR) is 73.5 cm³/mol. The van der Waals surface area contributed by atoms with Gasteiger partial charge in [-0.15, -0.1) is 10.2 Å². The van der Waals surface area contributed by atoms with Crippen LogP contribution in [0.4, 0.5) is 0 Å². The van der Waals surface area contributed by atoms with E-state index >= 15 is 0 Å². The molecule has 0 aliphatic rings. The zero-order chi connectivity index (χ0) is 14.6. The summed E-state index contributed by atoms with van der Waals surface area (Å²) >= 11 is 0. The highest BCUT2D eigenvalue weighted by Gasteiger charge is 2.32. The first-order valence-electron chi connectivity index (χ1n) is 6.09. The fourth-order valence-electron chi connectivity index (χ4n) is 1.53. The Morgan fingerprint density at radius 3 is 2.15 bits per heavy atom. The van der Waals surface area contributed by atoms with Gasteiger partial charge >= 0.3 is 0 Å². The number of nitrogens with one attached hydrogen (secondary N) is 2. The van der Waals surface area contributed by atoms with E-state index in [9.17, 15) is 0 Å². The van der Waals surface area contributed by atoms with Crippen molar-refractivity contribution in [2.75, 3.05) is 0 Å². The summed E-state index contributed by atoms with van der Waals surface area (Å²) in [4.78, 5) is 0. The Morgan fingerprint density at radius 1 is 1.25 bits per heavy atom. The molecule has 0 spiro atoms. The summed E-state index contributed by atoms with van der Waals surface area (Å²) in [6.45, 7) is 6.11. The number of rotatable bonds is 5. The van der Waals surface area contributed by atoms with Gasteiger partial charge in [-0.25, -0.2) is 0 Å². The highest BCUT2D eigenvalue weighted by atomic mass is 31.1. The van der Waals surface area contributed by atoms with E-state index in [4.69, 9.17) is 9.79 Å². The van der Waals surface area contributed by atoms with Crippen LogP contribution in [0.25, 0.3) is 0 Å². The average molecular weight is 293 g/mol. The van der Waals surface area contributed by atoms with Crippen LogP contribution in [0.1, 0.15) is 27.2 Å². The van der Waals surface area contributed by atoms with Crippen LogP contribution in [0, 0.1) is 16.7 Å². The first-order valence-corrected chi connectivity index (χ1v) is 7.35. The van der Waals surface area contributed by atoms with Gasteiger partial charge in [-0.1, -0.05) is 31.2 Å². The molecule has 0 aliphatic carbocycles. The molecule has 20 heavy (non-hydrogen) atoms. The molecule has 2 heterocycles. The molecule has 0 fully saturated rings. The minimum atomic E-state index is -1.25. The Morgan fingerprint density at radius 2 is 1.80 bits per heavy atom. The Hall–Kier alpha value is -1.84. The molecule has 0 bridgehead atoms. The van der Waals surface area contributed by atoms with Crippen LogP contribution in [0.15, 0.2) is 12.4 Å². The molecule has 0 saturated heterocycles. The van der Waals surface area contributed by atoms with Crippen molar-refractivity contribution in [3.63, 3.8) is 0 Å². The third kappa shape index (κ3) is 3.38. The monoisotopic (exact) mass is 293 g/mol. The van der Waals surface area contributed by atoms with Crippen LogP contribution in [0.2, 0.25) is 0 Å². The second kappa shape index (κ2) is 6.07. The second-order valence-corrected chi connectivity index (χ2v) is 7.00. The van der Waals surface area contributed by atoms with Crippen molar-refractivity contribution in [3.05, 3.63) is 12.4 Å². The maximum Gasteiger partial charge on any atom is 0.138 e. The number of aromatic amines is 2. The zero-order valence-electron chi connectivity index (χ0n) is 11.5. The molecule has 2 N–H and O–H groups in total. The van der Waals surface area contributed by atoms with Crippen LogP contribution >= 0.6 is 8.15 Å². The van der Waals surface area contributed by atoms with Crippen LogP contribution in [-0.4, -0.2) is 36.9 Å². The molecule has 1 unspecified atom stereocenters. The summed E-state index contributed by atoms with van der Waals surface area (Å²) < 4.78 is 6.14. The number of nitriles is 1. The molecular weight excluding hydrogens is 277 g/mol. The standard InChI is InChI=1S/C11H16N7OP/c1-11(2,3)8(4-5-12)19-20(9-6-13-17-15-9)10-7-14-18-16-10/h6-8H,4H2,1-3H3,(H,13,15,17)(H,14,16,18). The van der Waals surface area contributed by atoms with Crippen molar-refractivity contribution in [1.82, 2.24) is 30.8 Å². The van der Waals surface area contributed by atoms with Crippen LogP contribution in [0.5, 0.6) is 0 Å². The van der Waals surface area contributed by atoms with Crippen molar-refractivity contribution in [2.45, 2.75) is 33.3 Å². The quantitative estimate of drug-likeness (QED) is 0.780. The predicted octanol–water partition coefficient (Wildman–Crippen LogP) is 0.615. The van der Waals surface area contributed by atoms with Gasteiger partial charge in [-0.2, -0.15) is 5.26 Å². The Labute approximate surface area is 117 Å². The summed E-state index contributed by atoms with van der Waals surface area (Å²) in [5.74, 6) is 0. The smallest absolute Gasteiger partial charge is 0.138 e. The molecular formula is C11H16N7OP. The van der Waals surface area contributed by atoms with Crippen molar-refractivity contribution in [2.24, 2.45) is 5.41 Å². The Balaban J connectivity index is 2.26. The number of hydrogen-bond donors (Lipinski definition) is 2. The van der Waals surface area contributed by atoms with E-state index in [1.165, 1.54) is 0 Å². The molecule has 0 radical (unpaired) electrons. The van der Waals surface area contributed by atoms with Crippen molar-refractivity contribution < 1.29 is 4.52 Å². The SMILES string of the molecule is CC(C)(C)C(CC#N)OP(c1c[nH]nn1)c1c[nH]nn1. The van der Waals surface area contributed by atoms with Crippen molar-refractivity contribution in [1.29, 1.82) is 5.26 Å². The normalized spacial score (nSPS) is 13.3. The molecule has 0 aliphatic heterocycles. The molecule has 2 rings (SSSR count). The van der Waals surface area contributed by atoms with Gasteiger partial charge in [0.1, 0.15) is 19.0 Å². The highest BCUT2D eigenvalue weighted by molar-refractivity contribution is 7.68. The van der Waals surface area contributed by atoms with Crippen molar-refractivity contribution in [3.8, 4) is 6.07 Å². The van der Waals surface area contributed by atoms with Gasteiger partial charge < -0.3 is 4.52 Å². The van der Waals surface area contributed by atoms with E-state index in [1.807, 2.05) is 20.8 Å². The third-order valence-electron chi connectivity index (χ3n) is 2.70. The largest absolute Gasteiger partial charge is 0.342 e. The molecule has 0 saturated carbocycles. The van der Waals surface area contributed by atoms with Crippen LogP contribution in [0.3, 0.4) is 0 Å². The average Bonchev–Trinajstić information content (AvgIpc) is 3.05. The Kier molecular flexibility index (Phi) is 4.42. The molecule has 2 aromatic heterocycles. The van der Waals surface area contributed by atoms with Gasteiger partial charge in [0, 0.05) is 0 Å².